The standard InChI is InChI=1S/C12H16N6/c13-12(11-14-16-17-15-11)6-8-18(9-7-12)10-4-2-1-3-5-10/h1-5H,6-9,13H2,(H,14,15,16,17). The van der Waals surface area contributed by atoms with Crippen molar-refractivity contribution in [3.05, 3.63) is 36.2 Å². The molecule has 1 aliphatic rings. The number of para-hydroxylation sites is 1. The minimum atomic E-state index is -0.446. The number of nitrogens with zero attached hydrogens (tertiary/aromatic N) is 4. The Hall–Kier alpha value is -1.95. The Labute approximate surface area is 105 Å². The molecule has 18 heavy (non-hydrogen) atoms. The minimum Gasteiger partial charge on any atom is -0.371 e. The summed E-state index contributed by atoms with van der Waals surface area (Å²) in [6.07, 6.45) is 1.67. The van der Waals surface area contributed by atoms with Gasteiger partial charge in [-0.3, -0.25) is 0 Å². The Bertz CT molecular complexity index is 487. The monoisotopic (exact) mass is 244 g/mol. The summed E-state index contributed by atoms with van der Waals surface area (Å²) in [6, 6.07) is 10.4. The molecule has 3 rings (SSSR count). The van der Waals surface area contributed by atoms with Crippen molar-refractivity contribution in [3.63, 3.8) is 0 Å². The van der Waals surface area contributed by atoms with Crippen LogP contribution in [0.5, 0.6) is 0 Å². The first kappa shape index (κ1) is 11.2. The van der Waals surface area contributed by atoms with Gasteiger partial charge in [0.2, 0.25) is 0 Å². The van der Waals surface area contributed by atoms with E-state index in [0.717, 1.165) is 25.9 Å². The number of nitrogens with two attached hydrogens (primary N) is 1. The van der Waals surface area contributed by atoms with Crippen LogP contribution in [-0.4, -0.2) is 33.7 Å². The lowest BCUT2D eigenvalue weighted by Gasteiger charge is -2.38. The summed E-state index contributed by atoms with van der Waals surface area (Å²) in [7, 11) is 0. The fourth-order valence-electron chi connectivity index (χ4n) is 2.40. The fourth-order valence-corrected chi connectivity index (χ4v) is 2.40. The Morgan fingerprint density at radius 3 is 2.50 bits per heavy atom. The van der Waals surface area contributed by atoms with Gasteiger partial charge in [-0.1, -0.05) is 23.4 Å². The lowest BCUT2D eigenvalue weighted by atomic mass is 9.87. The summed E-state index contributed by atoms with van der Waals surface area (Å²) in [6.45, 7) is 1.82. The molecular weight excluding hydrogens is 228 g/mol. The van der Waals surface area contributed by atoms with Gasteiger partial charge in [-0.15, -0.1) is 10.2 Å². The molecule has 6 heteroatoms. The van der Waals surface area contributed by atoms with Crippen LogP contribution in [0.1, 0.15) is 18.7 Å². The van der Waals surface area contributed by atoms with Crippen LogP contribution in [0.25, 0.3) is 0 Å². The zero-order valence-corrected chi connectivity index (χ0v) is 10.1. The maximum Gasteiger partial charge on any atom is 0.194 e. The number of rotatable bonds is 2. The van der Waals surface area contributed by atoms with Crippen LogP contribution in [0.3, 0.4) is 0 Å². The lowest BCUT2D eigenvalue weighted by molar-refractivity contribution is 0.324. The number of anilines is 1. The van der Waals surface area contributed by atoms with E-state index in [2.05, 4.69) is 49.8 Å². The van der Waals surface area contributed by atoms with Gasteiger partial charge in [-0.05, 0) is 25.0 Å². The average molecular weight is 244 g/mol. The highest BCUT2D eigenvalue weighted by atomic mass is 15.5. The first-order chi connectivity index (χ1) is 8.78. The van der Waals surface area contributed by atoms with Crippen molar-refractivity contribution in [2.45, 2.75) is 18.4 Å². The van der Waals surface area contributed by atoms with Crippen LogP contribution in [0, 0.1) is 0 Å². The predicted molar refractivity (Wildman–Crippen MR) is 67.9 cm³/mol. The third-order valence-electron chi connectivity index (χ3n) is 3.57. The van der Waals surface area contributed by atoms with Crippen molar-refractivity contribution in [1.82, 2.24) is 20.6 Å². The Kier molecular flexibility index (Phi) is 2.71. The number of tetrazole rings is 1. The molecular formula is C12H16N6. The van der Waals surface area contributed by atoms with Crippen LogP contribution in [0.2, 0.25) is 0 Å². The Balaban J connectivity index is 1.72. The zero-order chi connectivity index (χ0) is 12.4. The van der Waals surface area contributed by atoms with Crippen molar-refractivity contribution in [2.75, 3.05) is 18.0 Å². The summed E-state index contributed by atoms with van der Waals surface area (Å²) in [5.41, 5.74) is 7.15. The van der Waals surface area contributed by atoms with E-state index in [-0.39, 0.29) is 0 Å². The fraction of sp³-hybridized carbons (Fsp3) is 0.417. The van der Waals surface area contributed by atoms with E-state index in [0.29, 0.717) is 5.82 Å². The van der Waals surface area contributed by atoms with E-state index < -0.39 is 5.54 Å². The van der Waals surface area contributed by atoms with Gasteiger partial charge in [-0.2, -0.15) is 5.21 Å². The van der Waals surface area contributed by atoms with Gasteiger partial charge in [0.1, 0.15) is 0 Å². The average Bonchev–Trinajstić information content (AvgIpc) is 2.95. The van der Waals surface area contributed by atoms with Crippen LogP contribution in [0.15, 0.2) is 30.3 Å². The van der Waals surface area contributed by atoms with Crippen LogP contribution in [-0.2, 0) is 5.54 Å². The van der Waals surface area contributed by atoms with Gasteiger partial charge in [0, 0.05) is 18.8 Å². The van der Waals surface area contributed by atoms with E-state index >= 15 is 0 Å². The van der Waals surface area contributed by atoms with E-state index in [1.165, 1.54) is 5.69 Å². The van der Waals surface area contributed by atoms with Crippen LogP contribution < -0.4 is 10.6 Å². The van der Waals surface area contributed by atoms with Crippen LogP contribution in [0.4, 0.5) is 5.69 Å². The van der Waals surface area contributed by atoms with E-state index in [4.69, 9.17) is 5.73 Å². The predicted octanol–water partition coefficient (Wildman–Crippen LogP) is 0.654. The number of nitrogens with one attached hydrogen (secondary N) is 1. The lowest BCUT2D eigenvalue weighted by Crippen LogP contribution is -2.49. The molecule has 1 fully saturated rings. The van der Waals surface area contributed by atoms with Crippen molar-refractivity contribution >= 4 is 5.69 Å². The number of H-pyrrole nitrogens is 1. The van der Waals surface area contributed by atoms with Crippen LogP contribution >= 0.6 is 0 Å². The van der Waals surface area contributed by atoms with Crippen molar-refractivity contribution in [2.24, 2.45) is 5.73 Å². The summed E-state index contributed by atoms with van der Waals surface area (Å²) in [4.78, 5) is 2.34. The number of aromatic amines is 1. The Morgan fingerprint density at radius 2 is 1.89 bits per heavy atom. The molecule has 0 saturated carbocycles. The zero-order valence-electron chi connectivity index (χ0n) is 10.1. The van der Waals surface area contributed by atoms with Gasteiger partial charge in [0.05, 0.1) is 5.54 Å². The van der Waals surface area contributed by atoms with Gasteiger partial charge in [0.15, 0.2) is 5.82 Å². The van der Waals surface area contributed by atoms with Crippen molar-refractivity contribution in [1.29, 1.82) is 0 Å². The van der Waals surface area contributed by atoms with Gasteiger partial charge < -0.3 is 10.6 Å². The second-order valence-corrected chi connectivity index (χ2v) is 4.71. The molecule has 1 aromatic heterocycles. The van der Waals surface area contributed by atoms with E-state index in [1.54, 1.807) is 0 Å². The highest BCUT2D eigenvalue weighted by molar-refractivity contribution is 5.46. The van der Waals surface area contributed by atoms with Gasteiger partial charge >= 0.3 is 0 Å². The van der Waals surface area contributed by atoms with E-state index in [9.17, 15) is 0 Å². The molecule has 0 spiro atoms. The largest absolute Gasteiger partial charge is 0.371 e. The molecule has 3 N–H and O–H groups in total. The highest BCUT2D eigenvalue weighted by Crippen LogP contribution is 2.29. The third kappa shape index (κ3) is 1.95. The van der Waals surface area contributed by atoms with Crippen molar-refractivity contribution in [3.8, 4) is 0 Å². The first-order valence-electron chi connectivity index (χ1n) is 6.11. The molecule has 1 aromatic carbocycles. The molecule has 1 saturated heterocycles. The molecule has 94 valence electrons. The molecule has 1 aliphatic heterocycles. The van der Waals surface area contributed by atoms with Gasteiger partial charge in [-0.25, -0.2) is 0 Å². The summed E-state index contributed by atoms with van der Waals surface area (Å²) < 4.78 is 0. The van der Waals surface area contributed by atoms with Gasteiger partial charge in [0.25, 0.3) is 0 Å². The van der Waals surface area contributed by atoms with E-state index in [1.807, 2.05) is 6.07 Å². The molecule has 6 nitrogen and oxygen atoms in total. The molecule has 2 aromatic rings. The second kappa shape index (κ2) is 4.38. The Morgan fingerprint density at radius 1 is 1.17 bits per heavy atom. The maximum absolute atomic E-state index is 6.35. The number of hydrogen-bond acceptors (Lipinski definition) is 5. The normalized spacial score (nSPS) is 18.8. The molecule has 0 bridgehead atoms. The maximum atomic E-state index is 6.35. The van der Waals surface area contributed by atoms with Crippen molar-refractivity contribution < 1.29 is 0 Å². The highest BCUT2D eigenvalue weighted by Gasteiger charge is 2.35. The SMILES string of the molecule is NC1(c2nn[nH]n2)CCN(c2ccccc2)CC1. The number of benzene rings is 1. The summed E-state index contributed by atoms with van der Waals surface area (Å²) >= 11 is 0. The minimum absolute atomic E-state index is 0.446. The topological polar surface area (TPSA) is 83.7 Å². The quantitative estimate of drug-likeness (QED) is 0.810. The molecule has 2 heterocycles. The molecule has 0 atom stereocenters. The number of piperidine rings is 1. The number of hydrogen-bond donors (Lipinski definition) is 2. The molecule has 0 radical (unpaired) electrons. The summed E-state index contributed by atoms with van der Waals surface area (Å²) in [5.74, 6) is 0.621. The molecule has 0 amide bonds. The second-order valence-electron chi connectivity index (χ2n) is 4.71. The smallest absolute Gasteiger partial charge is 0.194 e. The summed E-state index contributed by atoms with van der Waals surface area (Å²) in [5, 5.41) is 14.1. The molecule has 0 unspecified atom stereocenters. The first-order valence-corrected chi connectivity index (χ1v) is 6.11. The molecule has 0 aliphatic carbocycles. The number of aromatic nitrogens is 4. The third-order valence-corrected chi connectivity index (χ3v) is 3.57.